The quantitative estimate of drug-likeness (QED) is 0.430. The number of aromatic amines is 1. The van der Waals surface area contributed by atoms with E-state index in [0.717, 1.165) is 15.6 Å². The van der Waals surface area contributed by atoms with Crippen LogP contribution in [0.1, 0.15) is 6.92 Å². The van der Waals surface area contributed by atoms with E-state index in [1.165, 1.54) is 9.27 Å². The maximum Gasteiger partial charge on any atom is 0.329 e. The molecule has 1 atom stereocenters. The number of aromatic nitrogens is 5. The maximum atomic E-state index is 12.7. The largest absolute Gasteiger partial charge is 0.378 e. The molecule has 0 bridgehead atoms. The van der Waals surface area contributed by atoms with Gasteiger partial charge in [0.25, 0.3) is 5.56 Å². The van der Waals surface area contributed by atoms with E-state index < -0.39 is 11.2 Å². The summed E-state index contributed by atoms with van der Waals surface area (Å²) in [6, 6.07) is 8.15. The molecule has 11 heteroatoms. The summed E-state index contributed by atoms with van der Waals surface area (Å²) in [7, 11) is 1.63. The summed E-state index contributed by atoms with van der Waals surface area (Å²) >= 11 is 3.43. The number of morpholine rings is 1. The summed E-state index contributed by atoms with van der Waals surface area (Å²) in [6.07, 6.45) is 0. The standard InChI is InChI=1S/C21H24N6O3S2/c1-13(12-31-21-22-14-5-3-4-6-15(14)32-21)11-27-16-17(25(2)20(29)24-18(16)28)23-19(27)26-7-9-30-10-8-26/h3-6,13H,7-12H2,1-2H3,(H,24,28,29)/t13-/m0/s1. The van der Waals surface area contributed by atoms with E-state index in [0.29, 0.717) is 50.0 Å². The second kappa shape index (κ2) is 8.72. The lowest BCUT2D eigenvalue weighted by molar-refractivity contribution is 0.121. The average Bonchev–Trinajstić information content (AvgIpc) is 3.38. The number of aryl methyl sites for hydroxylation is 1. The van der Waals surface area contributed by atoms with Gasteiger partial charge >= 0.3 is 5.69 Å². The molecular formula is C21H24N6O3S2. The van der Waals surface area contributed by atoms with E-state index in [2.05, 4.69) is 22.9 Å². The number of ether oxygens (including phenoxy) is 1. The number of nitrogens with one attached hydrogen (secondary N) is 1. The van der Waals surface area contributed by atoms with Crippen molar-refractivity contribution in [2.24, 2.45) is 13.0 Å². The monoisotopic (exact) mass is 472 g/mol. The summed E-state index contributed by atoms with van der Waals surface area (Å²) in [6.45, 7) is 5.39. The molecule has 0 saturated carbocycles. The van der Waals surface area contributed by atoms with Crippen molar-refractivity contribution in [2.45, 2.75) is 17.8 Å². The van der Waals surface area contributed by atoms with Gasteiger partial charge in [0.2, 0.25) is 5.95 Å². The van der Waals surface area contributed by atoms with Crippen LogP contribution >= 0.6 is 23.1 Å². The van der Waals surface area contributed by atoms with Crippen molar-refractivity contribution in [1.82, 2.24) is 24.1 Å². The lowest BCUT2D eigenvalue weighted by atomic mass is 10.2. The number of hydrogen-bond donors (Lipinski definition) is 1. The van der Waals surface area contributed by atoms with Crippen molar-refractivity contribution >= 4 is 50.4 Å². The van der Waals surface area contributed by atoms with Gasteiger partial charge in [-0.2, -0.15) is 4.98 Å². The summed E-state index contributed by atoms with van der Waals surface area (Å²) in [5, 5.41) is 0. The number of H-pyrrole nitrogens is 1. The summed E-state index contributed by atoms with van der Waals surface area (Å²) in [5.41, 5.74) is 1.01. The van der Waals surface area contributed by atoms with Crippen LogP contribution in [0, 0.1) is 5.92 Å². The topological polar surface area (TPSA) is 98.0 Å². The third kappa shape index (κ3) is 3.96. The molecule has 1 fully saturated rings. The van der Waals surface area contributed by atoms with E-state index in [1.807, 2.05) is 22.8 Å². The molecule has 1 aliphatic heterocycles. The highest BCUT2D eigenvalue weighted by atomic mass is 32.2. The first-order valence-electron chi connectivity index (χ1n) is 10.5. The molecule has 4 heterocycles. The van der Waals surface area contributed by atoms with Crippen molar-refractivity contribution in [3.8, 4) is 0 Å². The number of thioether (sulfide) groups is 1. The Morgan fingerprint density at radius 1 is 1.22 bits per heavy atom. The Balaban J connectivity index is 1.44. The summed E-state index contributed by atoms with van der Waals surface area (Å²) < 4.78 is 11.1. The van der Waals surface area contributed by atoms with Gasteiger partial charge in [0.15, 0.2) is 15.5 Å². The van der Waals surface area contributed by atoms with Crippen LogP contribution in [0.15, 0.2) is 38.2 Å². The lowest BCUT2D eigenvalue weighted by Gasteiger charge is -2.28. The molecule has 1 saturated heterocycles. The molecule has 0 unspecified atom stereocenters. The highest BCUT2D eigenvalue weighted by Crippen LogP contribution is 2.31. The van der Waals surface area contributed by atoms with Crippen LogP contribution in [-0.4, -0.2) is 56.1 Å². The molecule has 0 aliphatic carbocycles. The number of fused-ring (bicyclic) bond motifs is 2. The number of hydrogen-bond acceptors (Lipinski definition) is 8. The fraction of sp³-hybridized carbons (Fsp3) is 0.429. The summed E-state index contributed by atoms with van der Waals surface area (Å²) in [5.74, 6) is 1.82. The third-order valence-corrected chi connectivity index (χ3v) is 8.05. The zero-order chi connectivity index (χ0) is 22.2. The van der Waals surface area contributed by atoms with Crippen LogP contribution in [0.5, 0.6) is 0 Å². The first-order chi connectivity index (χ1) is 15.5. The molecule has 5 rings (SSSR count). The number of benzene rings is 1. The second-order valence-electron chi connectivity index (χ2n) is 7.98. The van der Waals surface area contributed by atoms with E-state index in [9.17, 15) is 9.59 Å². The fourth-order valence-electron chi connectivity index (χ4n) is 3.89. The molecule has 32 heavy (non-hydrogen) atoms. The molecule has 0 amide bonds. The number of anilines is 1. The van der Waals surface area contributed by atoms with Crippen LogP contribution in [0.25, 0.3) is 21.4 Å². The van der Waals surface area contributed by atoms with Crippen LogP contribution in [-0.2, 0) is 18.3 Å². The molecule has 9 nitrogen and oxygen atoms in total. The van der Waals surface area contributed by atoms with Gasteiger partial charge in [0.1, 0.15) is 0 Å². The molecule has 1 N–H and O–H groups in total. The fourth-order valence-corrected chi connectivity index (χ4v) is 5.99. The van der Waals surface area contributed by atoms with Crippen molar-refractivity contribution in [1.29, 1.82) is 0 Å². The predicted molar refractivity (Wildman–Crippen MR) is 128 cm³/mol. The maximum absolute atomic E-state index is 12.7. The number of thiazole rings is 1. The molecule has 1 aliphatic rings. The van der Waals surface area contributed by atoms with Gasteiger partial charge in [-0.25, -0.2) is 9.78 Å². The van der Waals surface area contributed by atoms with Crippen molar-refractivity contribution in [3.63, 3.8) is 0 Å². The molecule has 3 aromatic heterocycles. The van der Waals surface area contributed by atoms with E-state index in [1.54, 1.807) is 30.1 Å². The van der Waals surface area contributed by atoms with E-state index >= 15 is 0 Å². The van der Waals surface area contributed by atoms with Gasteiger partial charge in [-0.3, -0.25) is 14.3 Å². The van der Waals surface area contributed by atoms with Crippen LogP contribution in [0.3, 0.4) is 0 Å². The molecular weight excluding hydrogens is 448 g/mol. The van der Waals surface area contributed by atoms with E-state index in [-0.39, 0.29) is 5.92 Å². The molecule has 1 aromatic carbocycles. The Bertz CT molecular complexity index is 1350. The van der Waals surface area contributed by atoms with Crippen LogP contribution in [0.2, 0.25) is 0 Å². The Kier molecular flexibility index (Phi) is 5.78. The Labute approximate surface area is 192 Å². The van der Waals surface area contributed by atoms with Gasteiger partial charge < -0.3 is 14.2 Å². The first-order valence-corrected chi connectivity index (χ1v) is 12.3. The zero-order valence-electron chi connectivity index (χ0n) is 17.9. The molecule has 0 spiro atoms. The summed E-state index contributed by atoms with van der Waals surface area (Å²) in [4.78, 5) is 38.8. The SMILES string of the molecule is C[C@H](CSc1nc2ccccc2s1)Cn1c(N2CCOCC2)nc2c1c(=O)[nH]c(=O)n2C. The van der Waals surface area contributed by atoms with Crippen molar-refractivity contribution < 1.29 is 4.74 Å². The first kappa shape index (κ1) is 21.2. The number of para-hydroxylation sites is 1. The van der Waals surface area contributed by atoms with Gasteiger partial charge in [0, 0.05) is 32.4 Å². The normalized spacial score (nSPS) is 15.6. The number of rotatable bonds is 6. The molecule has 4 aromatic rings. The average molecular weight is 473 g/mol. The van der Waals surface area contributed by atoms with Gasteiger partial charge in [-0.1, -0.05) is 30.8 Å². The molecule has 0 radical (unpaired) electrons. The van der Waals surface area contributed by atoms with Gasteiger partial charge in [-0.05, 0) is 18.1 Å². The van der Waals surface area contributed by atoms with Gasteiger partial charge in [-0.15, -0.1) is 11.3 Å². The van der Waals surface area contributed by atoms with E-state index in [4.69, 9.17) is 14.7 Å². The highest BCUT2D eigenvalue weighted by molar-refractivity contribution is 8.01. The Morgan fingerprint density at radius 2 is 2.00 bits per heavy atom. The van der Waals surface area contributed by atoms with Crippen molar-refractivity contribution in [2.75, 3.05) is 37.0 Å². The number of nitrogens with zero attached hydrogens (tertiary/aromatic N) is 5. The highest BCUT2D eigenvalue weighted by Gasteiger charge is 2.24. The minimum absolute atomic E-state index is 0.251. The third-order valence-electron chi connectivity index (χ3n) is 5.54. The minimum atomic E-state index is -0.458. The van der Waals surface area contributed by atoms with Crippen LogP contribution in [0.4, 0.5) is 5.95 Å². The second-order valence-corrected chi connectivity index (χ2v) is 10.3. The zero-order valence-corrected chi connectivity index (χ0v) is 19.5. The van der Waals surface area contributed by atoms with Crippen LogP contribution < -0.4 is 16.1 Å². The Morgan fingerprint density at radius 3 is 2.78 bits per heavy atom. The van der Waals surface area contributed by atoms with Crippen molar-refractivity contribution in [3.05, 3.63) is 45.1 Å². The number of imidazole rings is 1. The van der Waals surface area contributed by atoms with Gasteiger partial charge in [0.05, 0.1) is 23.4 Å². The Hall–Kier alpha value is -2.63. The predicted octanol–water partition coefficient (Wildman–Crippen LogP) is 2.30. The molecule has 168 valence electrons. The smallest absolute Gasteiger partial charge is 0.329 e. The minimum Gasteiger partial charge on any atom is -0.378 e. The lowest BCUT2D eigenvalue weighted by Crippen LogP contribution is -2.38.